The Kier molecular flexibility index (Phi) is 5.17. The molecule has 6 heteroatoms. The minimum Gasteiger partial charge on any atom is -0.344 e. The number of halogens is 1. The van der Waals surface area contributed by atoms with Crippen LogP contribution in [0, 0.1) is 5.92 Å². The first-order valence-electron chi connectivity index (χ1n) is 7.95. The molecule has 0 aromatic heterocycles. The lowest BCUT2D eigenvalue weighted by Crippen LogP contribution is -2.49. The van der Waals surface area contributed by atoms with Gasteiger partial charge < -0.3 is 9.80 Å². The highest BCUT2D eigenvalue weighted by atomic mass is 35.5. The maximum absolute atomic E-state index is 12.7. The van der Waals surface area contributed by atoms with E-state index in [1.165, 1.54) is 19.3 Å². The van der Waals surface area contributed by atoms with Gasteiger partial charge in [0.25, 0.3) is 5.91 Å². The molecule has 1 unspecified atom stereocenters. The van der Waals surface area contributed by atoms with Crippen LogP contribution >= 0.6 is 23.4 Å². The summed E-state index contributed by atoms with van der Waals surface area (Å²) in [5.74, 6) is 1.84. The molecular weight excluding hydrogens is 332 g/mol. The molecule has 1 aromatic rings. The second-order valence-corrected chi connectivity index (χ2v) is 7.75. The fourth-order valence-corrected chi connectivity index (χ4v) is 4.28. The van der Waals surface area contributed by atoms with Gasteiger partial charge in [-0.1, -0.05) is 18.0 Å². The zero-order chi connectivity index (χ0) is 16.4. The Morgan fingerprint density at radius 1 is 1.30 bits per heavy atom. The van der Waals surface area contributed by atoms with E-state index in [0.29, 0.717) is 28.1 Å². The number of hydrogen-bond acceptors (Lipinski definition) is 3. The Bertz CT molecular complexity index is 589. The van der Waals surface area contributed by atoms with Crippen molar-refractivity contribution in [3.05, 3.63) is 34.9 Å². The molecule has 2 fully saturated rings. The second kappa shape index (κ2) is 7.14. The highest BCUT2D eigenvalue weighted by Crippen LogP contribution is 2.29. The van der Waals surface area contributed by atoms with Gasteiger partial charge in [-0.05, 0) is 43.0 Å². The van der Waals surface area contributed by atoms with Crippen LogP contribution in [0.5, 0.6) is 0 Å². The SMILES string of the molecule is CN(CC1CCC1)C(=O)C1CSCN1C(=O)c1ccc(Cl)cc1. The molecule has 1 aliphatic carbocycles. The van der Waals surface area contributed by atoms with E-state index in [1.54, 1.807) is 40.9 Å². The average molecular weight is 353 g/mol. The van der Waals surface area contributed by atoms with Crippen molar-refractivity contribution in [2.45, 2.75) is 25.3 Å². The summed E-state index contributed by atoms with van der Waals surface area (Å²) >= 11 is 7.51. The summed E-state index contributed by atoms with van der Waals surface area (Å²) in [6, 6.07) is 6.49. The smallest absolute Gasteiger partial charge is 0.255 e. The normalized spacial score (nSPS) is 21.1. The molecule has 1 saturated heterocycles. The Morgan fingerprint density at radius 2 is 2.00 bits per heavy atom. The maximum Gasteiger partial charge on any atom is 0.255 e. The van der Waals surface area contributed by atoms with Crippen molar-refractivity contribution in [3.63, 3.8) is 0 Å². The largest absolute Gasteiger partial charge is 0.344 e. The average Bonchev–Trinajstić information content (AvgIpc) is 2.99. The van der Waals surface area contributed by atoms with E-state index in [-0.39, 0.29) is 17.9 Å². The van der Waals surface area contributed by atoms with Crippen LogP contribution in [0.2, 0.25) is 5.02 Å². The molecule has 2 amide bonds. The number of hydrogen-bond donors (Lipinski definition) is 0. The Hall–Kier alpha value is -1.20. The van der Waals surface area contributed by atoms with Crippen LogP contribution in [0.4, 0.5) is 0 Å². The number of benzene rings is 1. The summed E-state index contributed by atoms with van der Waals surface area (Å²) in [5.41, 5.74) is 0.580. The van der Waals surface area contributed by atoms with E-state index >= 15 is 0 Å². The van der Waals surface area contributed by atoms with Crippen molar-refractivity contribution in [1.82, 2.24) is 9.80 Å². The summed E-state index contributed by atoms with van der Waals surface area (Å²) in [5, 5.41) is 0.602. The molecule has 1 aromatic carbocycles. The zero-order valence-electron chi connectivity index (χ0n) is 13.2. The van der Waals surface area contributed by atoms with Gasteiger partial charge in [-0.3, -0.25) is 9.59 Å². The van der Waals surface area contributed by atoms with Gasteiger partial charge in [-0.25, -0.2) is 0 Å². The molecule has 0 radical (unpaired) electrons. The number of thioether (sulfide) groups is 1. The zero-order valence-corrected chi connectivity index (χ0v) is 14.8. The first kappa shape index (κ1) is 16.7. The lowest BCUT2D eigenvalue weighted by Gasteiger charge is -2.33. The van der Waals surface area contributed by atoms with Gasteiger partial charge in [-0.2, -0.15) is 0 Å². The van der Waals surface area contributed by atoms with Gasteiger partial charge >= 0.3 is 0 Å². The van der Waals surface area contributed by atoms with Crippen LogP contribution in [0.25, 0.3) is 0 Å². The van der Waals surface area contributed by atoms with E-state index < -0.39 is 0 Å². The van der Waals surface area contributed by atoms with Gasteiger partial charge in [0.05, 0.1) is 5.88 Å². The van der Waals surface area contributed by atoms with Crippen LogP contribution in [-0.4, -0.2) is 52.9 Å². The molecule has 2 aliphatic rings. The van der Waals surface area contributed by atoms with Crippen LogP contribution < -0.4 is 0 Å². The highest BCUT2D eigenvalue weighted by molar-refractivity contribution is 7.99. The van der Waals surface area contributed by atoms with Crippen molar-refractivity contribution in [2.75, 3.05) is 25.2 Å². The number of rotatable bonds is 4. The number of carbonyl (C=O) groups is 2. The minimum absolute atomic E-state index is 0.0595. The second-order valence-electron chi connectivity index (χ2n) is 6.31. The predicted octanol–water partition coefficient (Wildman–Crippen LogP) is 3.11. The summed E-state index contributed by atoms with van der Waals surface area (Å²) < 4.78 is 0. The van der Waals surface area contributed by atoms with E-state index in [1.807, 2.05) is 11.9 Å². The first-order valence-corrected chi connectivity index (χ1v) is 9.49. The monoisotopic (exact) mass is 352 g/mol. The predicted molar refractivity (Wildman–Crippen MR) is 93.7 cm³/mol. The molecular formula is C17H21ClN2O2S. The summed E-state index contributed by atoms with van der Waals surface area (Å²) in [6.07, 6.45) is 3.70. The third kappa shape index (κ3) is 3.66. The molecule has 124 valence electrons. The van der Waals surface area contributed by atoms with E-state index in [9.17, 15) is 9.59 Å². The van der Waals surface area contributed by atoms with Crippen molar-refractivity contribution in [2.24, 2.45) is 5.92 Å². The van der Waals surface area contributed by atoms with Crippen molar-refractivity contribution in [1.29, 1.82) is 0 Å². The van der Waals surface area contributed by atoms with Crippen molar-refractivity contribution < 1.29 is 9.59 Å². The standard InChI is InChI=1S/C17H21ClN2O2S/c1-19(9-12-3-2-4-12)17(22)15-10-23-11-20(15)16(21)13-5-7-14(18)8-6-13/h5-8,12,15H,2-4,9-11H2,1H3. The van der Waals surface area contributed by atoms with E-state index in [4.69, 9.17) is 11.6 Å². The summed E-state index contributed by atoms with van der Waals surface area (Å²) in [4.78, 5) is 28.9. The molecule has 23 heavy (non-hydrogen) atoms. The molecule has 0 bridgehead atoms. The Labute approximate surface area is 146 Å². The number of amides is 2. The molecule has 0 spiro atoms. The van der Waals surface area contributed by atoms with Gasteiger partial charge in [0.2, 0.25) is 5.91 Å². The highest BCUT2D eigenvalue weighted by Gasteiger charge is 2.37. The van der Waals surface area contributed by atoms with E-state index in [0.717, 1.165) is 6.54 Å². The number of nitrogens with zero attached hydrogens (tertiary/aromatic N) is 2. The molecule has 1 heterocycles. The van der Waals surface area contributed by atoms with Crippen molar-refractivity contribution in [3.8, 4) is 0 Å². The lowest BCUT2D eigenvalue weighted by atomic mass is 9.85. The van der Waals surface area contributed by atoms with E-state index in [2.05, 4.69) is 0 Å². The molecule has 3 rings (SSSR count). The third-order valence-corrected chi connectivity index (χ3v) is 5.92. The Balaban J connectivity index is 1.67. The first-order chi connectivity index (χ1) is 11.1. The number of likely N-dealkylation sites (N-methyl/N-ethyl adjacent to an activating group) is 1. The van der Waals surface area contributed by atoms with Crippen LogP contribution in [-0.2, 0) is 4.79 Å². The fourth-order valence-electron chi connectivity index (χ4n) is 3.01. The van der Waals surface area contributed by atoms with Gasteiger partial charge in [0.15, 0.2) is 0 Å². The van der Waals surface area contributed by atoms with Crippen LogP contribution in [0.1, 0.15) is 29.6 Å². The van der Waals surface area contributed by atoms with Gasteiger partial charge in [0.1, 0.15) is 6.04 Å². The topological polar surface area (TPSA) is 40.6 Å². The van der Waals surface area contributed by atoms with Crippen LogP contribution in [0.3, 0.4) is 0 Å². The molecule has 1 aliphatic heterocycles. The summed E-state index contributed by atoms with van der Waals surface area (Å²) in [6.45, 7) is 0.809. The quantitative estimate of drug-likeness (QED) is 0.836. The molecule has 1 atom stereocenters. The molecule has 0 N–H and O–H groups in total. The molecule has 4 nitrogen and oxygen atoms in total. The fraction of sp³-hybridized carbons (Fsp3) is 0.529. The van der Waals surface area contributed by atoms with Crippen molar-refractivity contribution >= 4 is 35.2 Å². The summed E-state index contributed by atoms with van der Waals surface area (Å²) in [7, 11) is 1.86. The number of carbonyl (C=O) groups excluding carboxylic acids is 2. The van der Waals surface area contributed by atoms with Gasteiger partial charge in [0, 0.05) is 29.9 Å². The Morgan fingerprint density at radius 3 is 2.61 bits per heavy atom. The minimum atomic E-state index is -0.353. The molecule has 1 saturated carbocycles. The van der Waals surface area contributed by atoms with Gasteiger partial charge in [-0.15, -0.1) is 11.8 Å². The lowest BCUT2D eigenvalue weighted by molar-refractivity contribution is -0.134. The third-order valence-electron chi connectivity index (χ3n) is 4.65. The van der Waals surface area contributed by atoms with Crippen LogP contribution in [0.15, 0.2) is 24.3 Å². The maximum atomic E-state index is 12.7.